The second-order valence-electron chi connectivity index (χ2n) is 3.93. The fourth-order valence-corrected chi connectivity index (χ4v) is 1.69. The summed E-state index contributed by atoms with van der Waals surface area (Å²) in [6.45, 7) is 7.76. The molecule has 0 aliphatic carbocycles. The molecule has 0 saturated heterocycles. The fraction of sp³-hybridized carbons (Fsp3) is 1.00. The van der Waals surface area contributed by atoms with Crippen LogP contribution in [0.15, 0.2) is 0 Å². The number of unbranched alkanes of at least 4 members (excludes halogenated alkanes) is 5. The molecule has 1 N–H and O–H groups in total. The van der Waals surface area contributed by atoms with Crippen LogP contribution in [0.1, 0.15) is 52.4 Å². The Labute approximate surface area is 89.3 Å². The van der Waals surface area contributed by atoms with Crippen LogP contribution >= 0.6 is 0 Å². The van der Waals surface area contributed by atoms with Crippen molar-refractivity contribution in [2.45, 2.75) is 52.4 Å². The molecule has 2 nitrogen and oxygen atoms in total. The lowest BCUT2D eigenvalue weighted by Gasteiger charge is -2.18. The maximum atomic E-state index is 8.80. The number of rotatable bonds is 10. The first-order valence-corrected chi connectivity index (χ1v) is 6.18. The molecule has 0 aromatic carbocycles. The molecule has 0 aromatic rings. The average molecular weight is 201 g/mol. The highest BCUT2D eigenvalue weighted by Gasteiger charge is 1.99. The normalized spacial score (nSPS) is 11.1. The molecule has 0 radical (unpaired) electrons. The summed E-state index contributed by atoms with van der Waals surface area (Å²) in [5.74, 6) is 0. The van der Waals surface area contributed by atoms with Crippen LogP contribution in [0.3, 0.4) is 0 Å². The molecule has 0 aliphatic heterocycles. The summed E-state index contributed by atoms with van der Waals surface area (Å²) >= 11 is 0. The summed E-state index contributed by atoms with van der Waals surface area (Å²) in [7, 11) is 0. The van der Waals surface area contributed by atoms with Gasteiger partial charge in [-0.1, -0.05) is 46.0 Å². The zero-order valence-electron chi connectivity index (χ0n) is 9.97. The molecule has 0 aromatic heterocycles. The van der Waals surface area contributed by atoms with E-state index in [0.717, 1.165) is 19.6 Å². The second kappa shape index (κ2) is 11.0. The topological polar surface area (TPSA) is 23.5 Å². The first kappa shape index (κ1) is 13.9. The number of hydrogen-bond donors (Lipinski definition) is 1. The maximum Gasteiger partial charge on any atom is 0.0558 e. The molecular weight excluding hydrogens is 174 g/mol. The van der Waals surface area contributed by atoms with Crippen LogP contribution < -0.4 is 0 Å². The van der Waals surface area contributed by atoms with Crippen molar-refractivity contribution in [3.63, 3.8) is 0 Å². The van der Waals surface area contributed by atoms with E-state index in [2.05, 4.69) is 18.7 Å². The third kappa shape index (κ3) is 8.52. The van der Waals surface area contributed by atoms with Gasteiger partial charge in [-0.25, -0.2) is 0 Å². The number of aliphatic hydroxyl groups is 1. The van der Waals surface area contributed by atoms with E-state index >= 15 is 0 Å². The SMILES string of the molecule is CCCCCCCCN(CC)CCO. The Balaban J connectivity index is 3.15. The van der Waals surface area contributed by atoms with Gasteiger partial charge in [-0.05, 0) is 19.5 Å². The van der Waals surface area contributed by atoms with E-state index in [0.29, 0.717) is 6.61 Å². The van der Waals surface area contributed by atoms with Crippen molar-refractivity contribution in [3.05, 3.63) is 0 Å². The van der Waals surface area contributed by atoms with Crippen molar-refractivity contribution in [1.82, 2.24) is 4.90 Å². The van der Waals surface area contributed by atoms with Crippen molar-refractivity contribution in [2.24, 2.45) is 0 Å². The second-order valence-corrected chi connectivity index (χ2v) is 3.93. The Morgan fingerprint density at radius 1 is 0.857 bits per heavy atom. The molecule has 0 spiro atoms. The molecule has 2 heteroatoms. The van der Waals surface area contributed by atoms with Crippen LogP contribution in [0, 0.1) is 0 Å². The summed E-state index contributed by atoms with van der Waals surface area (Å²) in [4.78, 5) is 2.32. The highest BCUT2D eigenvalue weighted by atomic mass is 16.3. The average Bonchev–Trinajstić information content (AvgIpc) is 2.21. The predicted octanol–water partition coefficient (Wildman–Crippen LogP) is 2.66. The van der Waals surface area contributed by atoms with Gasteiger partial charge in [0.1, 0.15) is 0 Å². The zero-order chi connectivity index (χ0) is 10.6. The Hall–Kier alpha value is -0.0800. The smallest absolute Gasteiger partial charge is 0.0558 e. The van der Waals surface area contributed by atoms with Gasteiger partial charge in [-0.3, -0.25) is 0 Å². The van der Waals surface area contributed by atoms with Gasteiger partial charge in [0.05, 0.1) is 6.61 Å². The molecule has 0 bridgehead atoms. The predicted molar refractivity (Wildman–Crippen MR) is 62.6 cm³/mol. The third-order valence-corrected chi connectivity index (χ3v) is 2.69. The monoisotopic (exact) mass is 201 g/mol. The largest absolute Gasteiger partial charge is 0.395 e. The number of likely N-dealkylation sites (N-methyl/N-ethyl adjacent to an activating group) is 1. The Bertz CT molecular complexity index is 106. The molecule has 0 amide bonds. The number of hydrogen-bond acceptors (Lipinski definition) is 2. The summed E-state index contributed by atoms with van der Waals surface area (Å²) in [5.41, 5.74) is 0. The van der Waals surface area contributed by atoms with E-state index in [-0.39, 0.29) is 0 Å². The van der Waals surface area contributed by atoms with Gasteiger partial charge in [-0.15, -0.1) is 0 Å². The molecule has 86 valence electrons. The third-order valence-electron chi connectivity index (χ3n) is 2.69. The van der Waals surface area contributed by atoms with Crippen molar-refractivity contribution in [1.29, 1.82) is 0 Å². The fourth-order valence-electron chi connectivity index (χ4n) is 1.69. The molecular formula is C12H27NO. The Morgan fingerprint density at radius 3 is 2.07 bits per heavy atom. The van der Waals surface area contributed by atoms with Gasteiger partial charge in [0.15, 0.2) is 0 Å². The van der Waals surface area contributed by atoms with Crippen LogP contribution in [0.4, 0.5) is 0 Å². The first-order chi connectivity index (χ1) is 6.85. The van der Waals surface area contributed by atoms with Gasteiger partial charge in [-0.2, -0.15) is 0 Å². The van der Waals surface area contributed by atoms with E-state index in [1.165, 1.54) is 38.5 Å². The van der Waals surface area contributed by atoms with Crippen LogP contribution in [0.5, 0.6) is 0 Å². The number of nitrogens with zero attached hydrogens (tertiary/aromatic N) is 1. The van der Waals surface area contributed by atoms with Crippen LogP contribution in [0.25, 0.3) is 0 Å². The van der Waals surface area contributed by atoms with Gasteiger partial charge in [0, 0.05) is 6.54 Å². The molecule has 14 heavy (non-hydrogen) atoms. The van der Waals surface area contributed by atoms with Crippen molar-refractivity contribution in [3.8, 4) is 0 Å². The standard InChI is InChI=1S/C12H27NO/c1-3-5-6-7-8-9-10-13(4-2)11-12-14/h14H,3-12H2,1-2H3. The molecule has 0 aliphatic rings. The van der Waals surface area contributed by atoms with E-state index < -0.39 is 0 Å². The number of aliphatic hydroxyl groups excluding tert-OH is 1. The lowest BCUT2D eigenvalue weighted by Crippen LogP contribution is -2.27. The van der Waals surface area contributed by atoms with Crippen LogP contribution in [-0.2, 0) is 0 Å². The van der Waals surface area contributed by atoms with Crippen LogP contribution in [0.2, 0.25) is 0 Å². The molecule has 0 rings (SSSR count). The lowest BCUT2D eigenvalue weighted by atomic mass is 10.1. The molecule has 0 fully saturated rings. The van der Waals surface area contributed by atoms with Gasteiger partial charge >= 0.3 is 0 Å². The minimum absolute atomic E-state index is 0.295. The summed E-state index contributed by atoms with van der Waals surface area (Å²) in [5, 5.41) is 8.80. The van der Waals surface area contributed by atoms with Crippen molar-refractivity contribution in [2.75, 3.05) is 26.2 Å². The molecule has 0 unspecified atom stereocenters. The van der Waals surface area contributed by atoms with Gasteiger partial charge in [0.25, 0.3) is 0 Å². The van der Waals surface area contributed by atoms with E-state index in [9.17, 15) is 0 Å². The molecule has 0 atom stereocenters. The van der Waals surface area contributed by atoms with E-state index in [1.54, 1.807) is 0 Å². The zero-order valence-corrected chi connectivity index (χ0v) is 9.97. The molecule has 0 heterocycles. The van der Waals surface area contributed by atoms with Gasteiger partial charge < -0.3 is 10.0 Å². The maximum absolute atomic E-state index is 8.80. The van der Waals surface area contributed by atoms with E-state index in [1.807, 2.05) is 0 Å². The minimum atomic E-state index is 0.295. The van der Waals surface area contributed by atoms with Crippen LogP contribution in [-0.4, -0.2) is 36.2 Å². The van der Waals surface area contributed by atoms with Crippen molar-refractivity contribution < 1.29 is 5.11 Å². The Kier molecular flexibility index (Phi) is 10.9. The Morgan fingerprint density at radius 2 is 1.50 bits per heavy atom. The summed E-state index contributed by atoms with van der Waals surface area (Å²) in [6, 6.07) is 0. The first-order valence-electron chi connectivity index (χ1n) is 6.18. The summed E-state index contributed by atoms with van der Waals surface area (Å²) < 4.78 is 0. The molecule has 0 saturated carbocycles. The lowest BCUT2D eigenvalue weighted by molar-refractivity contribution is 0.199. The minimum Gasteiger partial charge on any atom is -0.395 e. The quantitative estimate of drug-likeness (QED) is 0.549. The highest BCUT2D eigenvalue weighted by Crippen LogP contribution is 2.05. The van der Waals surface area contributed by atoms with Crippen molar-refractivity contribution >= 4 is 0 Å². The summed E-state index contributed by atoms with van der Waals surface area (Å²) in [6.07, 6.45) is 8.12. The highest BCUT2D eigenvalue weighted by molar-refractivity contribution is 4.54. The van der Waals surface area contributed by atoms with E-state index in [4.69, 9.17) is 5.11 Å². The van der Waals surface area contributed by atoms with Gasteiger partial charge in [0.2, 0.25) is 0 Å².